The summed E-state index contributed by atoms with van der Waals surface area (Å²) >= 11 is 2.48. The summed E-state index contributed by atoms with van der Waals surface area (Å²) in [6.45, 7) is 6.97. The SMILES string of the molecule is CCC[CH2][Sn]([CH2]CCC)([CH2]CCC)[c]1cccc(N=C=S)c1. The van der Waals surface area contributed by atoms with Gasteiger partial charge in [0.05, 0.1) is 0 Å². The minimum atomic E-state index is -2.30. The van der Waals surface area contributed by atoms with E-state index in [1.54, 1.807) is 3.58 Å². The second-order valence-electron chi connectivity index (χ2n) is 6.34. The molecular weight excluding hydrogens is 393 g/mol. The first kappa shape index (κ1) is 19.9. The predicted molar refractivity (Wildman–Crippen MR) is 106 cm³/mol. The molecular formula is C19H31NSSn. The maximum atomic E-state index is 4.78. The van der Waals surface area contributed by atoms with Crippen molar-refractivity contribution in [2.24, 2.45) is 4.99 Å². The normalized spacial score (nSPS) is 11.2. The molecule has 0 atom stereocenters. The molecule has 0 saturated carbocycles. The fraction of sp³-hybridized carbons (Fsp3) is 0.632. The van der Waals surface area contributed by atoms with E-state index in [0.717, 1.165) is 5.69 Å². The van der Waals surface area contributed by atoms with Gasteiger partial charge in [0.2, 0.25) is 0 Å². The van der Waals surface area contributed by atoms with Crippen molar-refractivity contribution in [3.05, 3.63) is 24.3 Å². The Kier molecular flexibility index (Phi) is 10.3. The number of unbranched alkanes of at least 4 members (excludes halogenated alkanes) is 3. The number of hydrogen-bond acceptors (Lipinski definition) is 2. The van der Waals surface area contributed by atoms with Gasteiger partial charge in [-0.05, 0) is 0 Å². The van der Waals surface area contributed by atoms with Crippen molar-refractivity contribution in [3.63, 3.8) is 0 Å². The molecule has 0 heterocycles. The number of aliphatic imine (C=N–C) groups is 1. The molecule has 0 saturated heterocycles. The van der Waals surface area contributed by atoms with E-state index in [1.165, 1.54) is 51.8 Å². The van der Waals surface area contributed by atoms with Crippen LogP contribution in [0.2, 0.25) is 13.3 Å². The molecule has 0 N–H and O–H groups in total. The molecule has 1 aromatic rings. The molecule has 0 bridgehead atoms. The number of nitrogens with zero attached hydrogens (tertiary/aromatic N) is 1. The van der Waals surface area contributed by atoms with E-state index in [9.17, 15) is 0 Å². The van der Waals surface area contributed by atoms with Gasteiger partial charge in [0.15, 0.2) is 0 Å². The van der Waals surface area contributed by atoms with Crippen molar-refractivity contribution in [2.75, 3.05) is 0 Å². The number of thiocarbonyl (C=S) groups is 1. The third-order valence-electron chi connectivity index (χ3n) is 4.66. The van der Waals surface area contributed by atoms with Crippen LogP contribution in [0.25, 0.3) is 0 Å². The van der Waals surface area contributed by atoms with Gasteiger partial charge in [-0.3, -0.25) is 0 Å². The minimum absolute atomic E-state index is 0.998. The van der Waals surface area contributed by atoms with Crippen LogP contribution in [-0.2, 0) is 0 Å². The zero-order valence-corrected chi connectivity index (χ0v) is 18.2. The Hall–Kier alpha value is -0.181. The summed E-state index contributed by atoms with van der Waals surface area (Å²) in [6.07, 6.45) is 8.12. The molecule has 0 aliphatic carbocycles. The van der Waals surface area contributed by atoms with E-state index >= 15 is 0 Å². The third-order valence-corrected chi connectivity index (χ3v) is 20.4. The first-order valence-electron chi connectivity index (χ1n) is 8.90. The average Bonchev–Trinajstić information content (AvgIpc) is 2.55. The molecule has 0 aliphatic heterocycles. The molecule has 0 aliphatic rings. The number of rotatable bonds is 11. The van der Waals surface area contributed by atoms with Crippen molar-refractivity contribution in [1.82, 2.24) is 0 Å². The summed E-state index contributed by atoms with van der Waals surface area (Å²) < 4.78 is 6.15. The average molecular weight is 424 g/mol. The quantitative estimate of drug-likeness (QED) is 0.225. The maximum absolute atomic E-state index is 4.78. The summed E-state index contributed by atoms with van der Waals surface area (Å²) in [4.78, 5) is 4.22. The van der Waals surface area contributed by atoms with E-state index in [-0.39, 0.29) is 0 Å². The second kappa shape index (κ2) is 11.4. The number of isothiocyanates is 1. The van der Waals surface area contributed by atoms with E-state index in [4.69, 9.17) is 12.2 Å². The first-order valence-corrected chi connectivity index (χ1v) is 16.8. The molecule has 122 valence electrons. The summed E-state index contributed by atoms with van der Waals surface area (Å²) in [5.41, 5.74) is 0.998. The van der Waals surface area contributed by atoms with Crippen LogP contribution in [0.4, 0.5) is 5.69 Å². The monoisotopic (exact) mass is 425 g/mol. The molecule has 0 unspecified atom stereocenters. The Morgan fingerprint density at radius 3 is 1.95 bits per heavy atom. The topological polar surface area (TPSA) is 12.4 Å². The zero-order chi connectivity index (χ0) is 16.3. The van der Waals surface area contributed by atoms with Gasteiger partial charge >= 0.3 is 147 Å². The second-order valence-corrected chi connectivity index (χ2v) is 19.8. The van der Waals surface area contributed by atoms with Crippen LogP contribution in [0.15, 0.2) is 29.3 Å². The molecule has 1 nitrogen and oxygen atoms in total. The van der Waals surface area contributed by atoms with Crippen molar-refractivity contribution in [3.8, 4) is 0 Å². The summed E-state index contributed by atoms with van der Waals surface area (Å²) in [5.74, 6) is 0. The van der Waals surface area contributed by atoms with E-state index in [2.05, 4.69) is 55.2 Å². The van der Waals surface area contributed by atoms with E-state index < -0.39 is 18.4 Å². The molecule has 1 aromatic carbocycles. The molecule has 3 heteroatoms. The summed E-state index contributed by atoms with van der Waals surface area (Å²) in [7, 11) is 0. The van der Waals surface area contributed by atoms with Gasteiger partial charge in [0, 0.05) is 0 Å². The fourth-order valence-corrected chi connectivity index (χ4v) is 19.4. The van der Waals surface area contributed by atoms with E-state index in [1.807, 2.05) is 0 Å². The molecule has 0 fully saturated rings. The van der Waals surface area contributed by atoms with Crippen molar-refractivity contribution in [2.45, 2.75) is 72.6 Å². The third kappa shape index (κ3) is 6.14. The Morgan fingerprint density at radius 1 is 0.955 bits per heavy atom. The van der Waals surface area contributed by atoms with Crippen molar-refractivity contribution in [1.29, 1.82) is 0 Å². The number of hydrogen-bond donors (Lipinski definition) is 0. The standard InChI is InChI=1S/C7H4NS.3C4H9.Sn/c9-6-8-7-4-2-1-3-5-7;3*1-3-4-2;/h1-2,4-5H;3*1,3-4H2,2H3;. The van der Waals surface area contributed by atoms with Crippen LogP contribution >= 0.6 is 12.2 Å². The molecule has 0 spiro atoms. The number of benzene rings is 1. The van der Waals surface area contributed by atoms with Gasteiger partial charge in [0.1, 0.15) is 0 Å². The molecule has 22 heavy (non-hydrogen) atoms. The van der Waals surface area contributed by atoms with Gasteiger partial charge in [-0.1, -0.05) is 0 Å². The van der Waals surface area contributed by atoms with Gasteiger partial charge in [-0.15, -0.1) is 0 Å². The van der Waals surface area contributed by atoms with Crippen LogP contribution in [0.3, 0.4) is 0 Å². The van der Waals surface area contributed by atoms with Crippen LogP contribution in [0, 0.1) is 0 Å². The van der Waals surface area contributed by atoms with Crippen LogP contribution in [-0.4, -0.2) is 23.5 Å². The predicted octanol–water partition coefficient (Wildman–Crippen LogP) is 6.48. The molecule has 0 amide bonds. The van der Waals surface area contributed by atoms with Crippen molar-refractivity contribution < 1.29 is 0 Å². The van der Waals surface area contributed by atoms with Gasteiger partial charge < -0.3 is 0 Å². The van der Waals surface area contributed by atoms with Gasteiger partial charge in [-0.25, -0.2) is 0 Å². The molecule has 0 radical (unpaired) electrons. The molecule has 1 rings (SSSR count). The fourth-order valence-electron chi connectivity index (χ4n) is 3.31. The van der Waals surface area contributed by atoms with Gasteiger partial charge in [-0.2, -0.15) is 0 Å². The Morgan fingerprint density at radius 2 is 1.50 bits per heavy atom. The first-order chi connectivity index (χ1) is 10.7. The Bertz CT molecular complexity index is 458. The Balaban J connectivity index is 3.17. The van der Waals surface area contributed by atoms with Crippen molar-refractivity contribution >= 4 is 45.0 Å². The zero-order valence-electron chi connectivity index (χ0n) is 14.5. The summed E-state index contributed by atoms with van der Waals surface area (Å²) in [6, 6.07) is 8.95. The summed E-state index contributed by atoms with van der Waals surface area (Å²) in [5, 5.41) is 2.52. The van der Waals surface area contributed by atoms with Crippen LogP contribution < -0.4 is 3.58 Å². The van der Waals surface area contributed by atoms with Crippen LogP contribution in [0.5, 0.6) is 0 Å². The van der Waals surface area contributed by atoms with E-state index in [0.29, 0.717) is 0 Å². The van der Waals surface area contributed by atoms with Crippen LogP contribution in [0.1, 0.15) is 59.3 Å². The molecule has 0 aromatic heterocycles. The van der Waals surface area contributed by atoms with Gasteiger partial charge in [0.25, 0.3) is 0 Å². The Labute approximate surface area is 146 Å².